The van der Waals surface area contributed by atoms with Gasteiger partial charge in [0.1, 0.15) is 35.5 Å². The molecular formula is C21H18ClF3N4O4S. The van der Waals surface area contributed by atoms with Crippen LogP contribution < -0.4 is 5.32 Å². The summed E-state index contributed by atoms with van der Waals surface area (Å²) in [7, 11) is 0. The standard InChI is InChI=1S/C21H18ClF3N4O4S/c22-12-5-11(2-1-9(12)6-26)34-21-20(32)18(19(31)16(8-30)33-21)28-7-15(29-27)10-3-13(23)17(25)14(24)4-10/h1-5,7,16,18-21,27-28,30-32H,8H2/b15-7-,29-27?/t16?,18?,19-,20?,21+/m0/s1. The third kappa shape index (κ3) is 5.52. The van der Waals surface area contributed by atoms with Gasteiger partial charge in [-0.3, -0.25) is 0 Å². The summed E-state index contributed by atoms with van der Waals surface area (Å²) in [6.45, 7) is -0.592. The second-order valence-corrected chi connectivity index (χ2v) is 8.74. The van der Waals surface area contributed by atoms with Gasteiger partial charge in [0.15, 0.2) is 17.5 Å². The molecule has 180 valence electrons. The van der Waals surface area contributed by atoms with E-state index in [2.05, 4.69) is 10.4 Å². The molecule has 3 unspecified atom stereocenters. The van der Waals surface area contributed by atoms with Crippen molar-refractivity contribution in [1.29, 1.82) is 10.8 Å². The SMILES string of the molecule is N#Cc1ccc(S[C@H]2OC(CO)[C@H](O)C(N/C=C(\N=N)c3cc(F)c(F)c(F)c3)C2O)cc1Cl. The molecule has 0 amide bonds. The zero-order chi connectivity index (χ0) is 25.0. The van der Waals surface area contributed by atoms with Crippen molar-refractivity contribution >= 4 is 29.1 Å². The number of nitrogens with zero attached hydrogens (tertiary/aromatic N) is 2. The first-order valence-corrected chi connectivity index (χ1v) is 10.9. The predicted octanol–water partition coefficient (Wildman–Crippen LogP) is 3.15. The topological polar surface area (TPSA) is 142 Å². The lowest BCUT2D eigenvalue weighted by atomic mass is 9.97. The van der Waals surface area contributed by atoms with E-state index in [1.165, 1.54) is 12.1 Å². The minimum atomic E-state index is -1.68. The van der Waals surface area contributed by atoms with Gasteiger partial charge in [0, 0.05) is 16.7 Å². The van der Waals surface area contributed by atoms with Crippen LogP contribution in [0.25, 0.3) is 5.70 Å². The maximum Gasteiger partial charge on any atom is 0.194 e. The Balaban J connectivity index is 1.85. The Hall–Kier alpha value is -2.66. The molecule has 0 saturated carbocycles. The van der Waals surface area contributed by atoms with Crippen molar-refractivity contribution < 1.29 is 33.2 Å². The van der Waals surface area contributed by atoms with Crippen molar-refractivity contribution in [2.24, 2.45) is 5.11 Å². The predicted molar refractivity (Wildman–Crippen MR) is 116 cm³/mol. The molecule has 2 aromatic carbocycles. The van der Waals surface area contributed by atoms with E-state index >= 15 is 0 Å². The number of benzene rings is 2. The Morgan fingerprint density at radius 2 is 1.91 bits per heavy atom. The van der Waals surface area contributed by atoms with Crippen molar-refractivity contribution in [3.8, 4) is 6.07 Å². The van der Waals surface area contributed by atoms with E-state index in [1.54, 1.807) is 6.07 Å². The van der Waals surface area contributed by atoms with Gasteiger partial charge in [0.25, 0.3) is 0 Å². The van der Waals surface area contributed by atoms with Crippen LogP contribution in [0.3, 0.4) is 0 Å². The van der Waals surface area contributed by atoms with E-state index in [1.807, 2.05) is 6.07 Å². The molecule has 5 atom stereocenters. The van der Waals surface area contributed by atoms with Crippen LogP contribution >= 0.6 is 23.4 Å². The van der Waals surface area contributed by atoms with E-state index in [-0.39, 0.29) is 21.8 Å². The van der Waals surface area contributed by atoms with E-state index in [4.69, 9.17) is 27.1 Å². The molecule has 3 rings (SSSR count). The number of hydrogen-bond donors (Lipinski definition) is 5. The Bertz CT molecular complexity index is 1130. The first kappa shape index (κ1) is 26.0. The highest BCUT2D eigenvalue weighted by Gasteiger charge is 2.44. The summed E-state index contributed by atoms with van der Waals surface area (Å²) in [5, 5.41) is 45.9. The number of nitriles is 1. The molecule has 1 aliphatic rings. The van der Waals surface area contributed by atoms with Crippen molar-refractivity contribution in [3.63, 3.8) is 0 Å². The molecule has 5 N–H and O–H groups in total. The summed E-state index contributed by atoms with van der Waals surface area (Å²) in [6, 6.07) is 6.62. The van der Waals surface area contributed by atoms with Crippen LogP contribution in [-0.2, 0) is 4.74 Å². The number of nitrogens with one attached hydrogen (secondary N) is 2. The van der Waals surface area contributed by atoms with Gasteiger partial charge in [-0.1, -0.05) is 23.4 Å². The maximum absolute atomic E-state index is 13.6. The van der Waals surface area contributed by atoms with Crippen molar-refractivity contribution in [3.05, 3.63) is 70.1 Å². The molecule has 8 nitrogen and oxygen atoms in total. The van der Waals surface area contributed by atoms with Crippen LogP contribution in [0.1, 0.15) is 11.1 Å². The number of hydrogen-bond acceptors (Lipinski definition) is 9. The lowest BCUT2D eigenvalue weighted by Crippen LogP contribution is -2.61. The lowest BCUT2D eigenvalue weighted by molar-refractivity contribution is -0.164. The third-order valence-electron chi connectivity index (χ3n) is 5.01. The fourth-order valence-corrected chi connectivity index (χ4v) is 4.63. The highest BCUT2D eigenvalue weighted by atomic mass is 35.5. The van der Waals surface area contributed by atoms with Crippen molar-refractivity contribution in [2.75, 3.05) is 6.61 Å². The highest BCUT2D eigenvalue weighted by Crippen LogP contribution is 2.35. The van der Waals surface area contributed by atoms with Gasteiger partial charge in [-0.25, -0.2) is 18.7 Å². The average Bonchev–Trinajstić information content (AvgIpc) is 2.81. The average molecular weight is 515 g/mol. The van der Waals surface area contributed by atoms with E-state index in [9.17, 15) is 28.5 Å². The normalized spacial score (nSPS) is 25.0. The number of rotatable bonds is 7. The van der Waals surface area contributed by atoms with Crippen LogP contribution in [0, 0.1) is 34.3 Å². The van der Waals surface area contributed by atoms with Crippen molar-refractivity contribution in [1.82, 2.24) is 5.32 Å². The maximum atomic E-state index is 13.6. The van der Waals surface area contributed by atoms with Crippen LogP contribution in [0.15, 0.2) is 46.5 Å². The largest absolute Gasteiger partial charge is 0.394 e. The number of ether oxygens (including phenoxy) is 1. The number of aliphatic hydroxyl groups excluding tert-OH is 3. The summed E-state index contributed by atoms with van der Waals surface area (Å²) in [4.78, 5) is 0.537. The van der Waals surface area contributed by atoms with Gasteiger partial charge >= 0.3 is 0 Å². The molecule has 1 saturated heterocycles. The van der Waals surface area contributed by atoms with E-state index in [0.717, 1.165) is 18.0 Å². The minimum Gasteiger partial charge on any atom is -0.394 e. The second-order valence-electron chi connectivity index (χ2n) is 7.17. The molecule has 34 heavy (non-hydrogen) atoms. The molecule has 1 heterocycles. The first-order chi connectivity index (χ1) is 16.2. The van der Waals surface area contributed by atoms with Gasteiger partial charge in [0.05, 0.1) is 23.2 Å². The molecule has 2 aromatic rings. The Kier molecular flexibility index (Phi) is 8.53. The summed E-state index contributed by atoms with van der Waals surface area (Å²) in [5.74, 6) is -4.63. The molecule has 13 heteroatoms. The van der Waals surface area contributed by atoms with Crippen LogP contribution in [0.2, 0.25) is 5.02 Å². The van der Waals surface area contributed by atoms with Gasteiger partial charge in [0.2, 0.25) is 0 Å². The fourth-order valence-electron chi connectivity index (χ4n) is 3.23. The summed E-state index contributed by atoms with van der Waals surface area (Å²) in [5.41, 5.74) is 5.95. The Morgan fingerprint density at radius 3 is 2.47 bits per heavy atom. The smallest absolute Gasteiger partial charge is 0.194 e. The summed E-state index contributed by atoms with van der Waals surface area (Å²) in [6.07, 6.45) is -2.90. The Morgan fingerprint density at radius 1 is 1.24 bits per heavy atom. The molecule has 0 spiro atoms. The lowest BCUT2D eigenvalue weighted by Gasteiger charge is -2.42. The third-order valence-corrected chi connectivity index (χ3v) is 6.47. The zero-order valence-electron chi connectivity index (χ0n) is 17.1. The molecule has 0 radical (unpaired) electrons. The van der Waals surface area contributed by atoms with E-state index < -0.39 is 53.8 Å². The molecular weight excluding hydrogens is 497 g/mol. The second kappa shape index (κ2) is 11.2. The highest BCUT2D eigenvalue weighted by molar-refractivity contribution is 7.99. The van der Waals surface area contributed by atoms with Crippen LogP contribution in [0.4, 0.5) is 13.2 Å². The monoisotopic (exact) mass is 514 g/mol. The van der Waals surface area contributed by atoms with Gasteiger partial charge in [-0.05, 0) is 30.3 Å². The van der Waals surface area contributed by atoms with Gasteiger partial charge in [-0.15, -0.1) is 0 Å². The molecule has 1 aliphatic heterocycles. The quantitative estimate of drug-likeness (QED) is 0.282. The molecule has 0 aromatic heterocycles. The minimum absolute atomic E-state index is 0.189. The number of aliphatic hydroxyl groups is 3. The van der Waals surface area contributed by atoms with Crippen LogP contribution in [0.5, 0.6) is 0 Å². The van der Waals surface area contributed by atoms with Gasteiger partial charge < -0.3 is 25.4 Å². The molecule has 0 aliphatic carbocycles. The van der Waals surface area contributed by atoms with Crippen LogP contribution in [-0.4, -0.2) is 51.7 Å². The number of thioether (sulfide) groups is 1. The summed E-state index contributed by atoms with van der Waals surface area (Å²) >= 11 is 7.06. The zero-order valence-corrected chi connectivity index (χ0v) is 18.7. The summed E-state index contributed by atoms with van der Waals surface area (Å²) < 4.78 is 46.0. The van der Waals surface area contributed by atoms with E-state index in [0.29, 0.717) is 17.0 Å². The van der Waals surface area contributed by atoms with Crippen molar-refractivity contribution in [2.45, 2.75) is 34.7 Å². The fraction of sp³-hybridized carbons (Fsp3) is 0.286. The number of halogens is 4. The molecule has 1 fully saturated rings. The van der Waals surface area contributed by atoms with Gasteiger partial charge in [-0.2, -0.15) is 10.4 Å². The Labute approximate surface area is 201 Å². The first-order valence-electron chi connectivity index (χ1n) is 9.67. The molecule has 0 bridgehead atoms.